The van der Waals surface area contributed by atoms with Gasteiger partial charge in [0.25, 0.3) is 0 Å². The molecule has 2 N–H and O–H groups in total. The van der Waals surface area contributed by atoms with Crippen LogP contribution in [-0.2, 0) is 6.42 Å². The zero-order chi connectivity index (χ0) is 10.7. The molecule has 2 rings (SSSR count). The Bertz CT molecular complexity index is 437. The number of nitrogens with two attached hydrogens (primary N) is 1. The van der Waals surface area contributed by atoms with Crippen molar-refractivity contribution in [1.82, 2.24) is 9.97 Å². The largest absolute Gasteiger partial charge is 0.384 e. The Labute approximate surface area is 93.0 Å². The molecule has 0 aromatic carbocycles. The molecule has 0 radical (unpaired) electrons. The molecule has 0 bridgehead atoms. The van der Waals surface area contributed by atoms with Crippen LogP contribution in [0.2, 0.25) is 0 Å². The molecule has 15 heavy (non-hydrogen) atoms. The van der Waals surface area contributed by atoms with E-state index in [1.165, 1.54) is 0 Å². The minimum atomic E-state index is 0.551. The predicted molar refractivity (Wildman–Crippen MR) is 63.8 cm³/mol. The third-order valence-corrected chi connectivity index (χ3v) is 2.77. The number of nitrogen functional groups attached to an aromatic ring is 1. The van der Waals surface area contributed by atoms with E-state index in [0.717, 1.165) is 29.9 Å². The average Bonchev–Trinajstić information content (AvgIpc) is 2.70. The second-order valence-electron chi connectivity index (χ2n) is 3.36. The second kappa shape index (κ2) is 4.40. The zero-order valence-electron chi connectivity index (χ0n) is 8.60. The summed E-state index contributed by atoms with van der Waals surface area (Å²) in [7, 11) is 0. The van der Waals surface area contributed by atoms with E-state index in [9.17, 15) is 0 Å². The summed E-state index contributed by atoms with van der Waals surface area (Å²) in [6.45, 7) is 2.11. The lowest BCUT2D eigenvalue weighted by Crippen LogP contribution is -2.00. The first-order chi connectivity index (χ1) is 7.29. The highest BCUT2D eigenvalue weighted by Crippen LogP contribution is 2.21. The zero-order valence-corrected chi connectivity index (χ0v) is 9.42. The Kier molecular flexibility index (Phi) is 2.97. The number of anilines is 1. The van der Waals surface area contributed by atoms with Crippen molar-refractivity contribution < 1.29 is 0 Å². The van der Waals surface area contributed by atoms with Crippen LogP contribution in [0.1, 0.15) is 19.2 Å². The summed E-state index contributed by atoms with van der Waals surface area (Å²) in [6, 6.07) is 3.86. The third kappa shape index (κ3) is 2.33. The second-order valence-corrected chi connectivity index (χ2v) is 4.14. The lowest BCUT2D eigenvalue weighted by atomic mass is 10.2. The van der Waals surface area contributed by atoms with Crippen molar-refractivity contribution >= 4 is 17.2 Å². The Balaban J connectivity index is 2.40. The average molecular weight is 219 g/mol. The molecule has 2 aromatic heterocycles. The summed E-state index contributed by atoms with van der Waals surface area (Å²) in [6.07, 6.45) is 1.91. The van der Waals surface area contributed by atoms with E-state index in [-0.39, 0.29) is 0 Å². The van der Waals surface area contributed by atoms with Crippen molar-refractivity contribution in [2.45, 2.75) is 19.8 Å². The molecule has 0 atom stereocenters. The van der Waals surface area contributed by atoms with Gasteiger partial charge < -0.3 is 5.73 Å². The van der Waals surface area contributed by atoms with Gasteiger partial charge in [0.15, 0.2) is 0 Å². The summed E-state index contributed by atoms with van der Waals surface area (Å²) in [5, 5.41) is 4.10. The van der Waals surface area contributed by atoms with Crippen LogP contribution in [0.5, 0.6) is 0 Å². The van der Waals surface area contributed by atoms with Crippen molar-refractivity contribution in [3.8, 4) is 11.3 Å². The van der Waals surface area contributed by atoms with E-state index in [1.54, 1.807) is 11.3 Å². The summed E-state index contributed by atoms with van der Waals surface area (Å²) >= 11 is 1.66. The van der Waals surface area contributed by atoms with E-state index in [4.69, 9.17) is 5.73 Å². The van der Waals surface area contributed by atoms with Gasteiger partial charge in [-0.15, -0.1) is 0 Å². The number of hydrogen-bond acceptors (Lipinski definition) is 4. The molecule has 0 saturated carbocycles. The molecule has 0 aliphatic heterocycles. The minimum Gasteiger partial charge on any atom is -0.384 e. The third-order valence-electron chi connectivity index (χ3n) is 2.08. The lowest BCUT2D eigenvalue weighted by Gasteiger charge is -2.03. The van der Waals surface area contributed by atoms with Gasteiger partial charge in [0, 0.05) is 23.4 Å². The minimum absolute atomic E-state index is 0.551. The van der Waals surface area contributed by atoms with E-state index in [2.05, 4.69) is 22.3 Å². The van der Waals surface area contributed by atoms with Crippen molar-refractivity contribution in [1.29, 1.82) is 0 Å². The van der Waals surface area contributed by atoms with Gasteiger partial charge in [-0.2, -0.15) is 11.3 Å². The van der Waals surface area contributed by atoms with Gasteiger partial charge in [-0.3, -0.25) is 0 Å². The molecule has 0 aliphatic rings. The van der Waals surface area contributed by atoms with Gasteiger partial charge in [0.2, 0.25) is 0 Å². The molecule has 4 heteroatoms. The number of hydrogen-bond donors (Lipinski definition) is 1. The summed E-state index contributed by atoms with van der Waals surface area (Å²) in [5.41, 5.74) is 7.79. The maximum atomic E-state index is 5.75. The standard InChI is InChI=1S/C11H13N3S/c1-2-3-11-13-9(6-10(12)14-11)8-4-5-15-7-8/h4-7H,2-3H2,1H3,(H2,12,13,14). The molecule has 2 aromatic rings. The van der Waals surface area contributed by atoms with Crippen molar-refractivity contribution in [3.05, 3.63) is 28.7 Å². The van der Waals surface area contributed by atoms with Crippen LogP contribution < -0.4 is 5.73 Å². The van der Waals surface area contributed by atoms with Gasteiger partial charge >= 0.3 is 0 Å². The molecule has 0 unspecified atom stereocenters. The lowest BCUT2D eigenvalue weighted by molar-refractivity contribution is 0.839. The normalized spacial score (nSPS) is 10.5. The smallest absolute Gasteiger partial charge is 0.131 e. The molecule has 0 aliphatic carbocycles. The molecule has 0 spiro atoms. The molecular formula is C11H13N3S. The van der Waals surface area contributed by atoms with Crippen LogP contribution in [0, 0.1) is 0 Å². The quantitative estimate of drug-likeness (QED) is 0.863. The first-order valence-electron chi connectivity index (χ1n) is 4.95. The monoisotopic (exact) mass is 219 g/mol. The molecule has 2 heterocycles. The van der Waals surface area contributed by atoms with E-state index in [1.807, 2.05) is 17.5 Å². The topological polar surface area (TPSA) is 51.8 Å². The highest BCUT2D eigenvalue weighted by atomic mass is 32.1. The number of rotatable bonds is 3. The summed E-state index contributed by atoms with van der Waals surface area (Å²) in [5.74, 6) is 1.38. The van der Waals surface area contributed by atoms with E-state index in [0.29, 0.717) is 5.82 Å². The fraction of sp³-hybridized carbons (Fsp3) is 0.273. The molecule has 0 fully saturated rings. The molecule has 3 nitrogen and oxygen atoms in total. The number of aryl methyl sites for hydroxylation is 1. The van der Waals surface area contributed by atoms with Crippen LogP contribution in [0.4, 0.5) is 5.82 Å². The van der Waals surface area contributed by atoms with Gasteiger partial charge in [-0.25, -0.2) is 9.97 Å². The maximum absolute atomic E-state index is 5.75. The molecule has 0 amide bonds. The molecule has 0 saturated heterocycles. The maximum Gasteiger partial charge on any atom is 0.131 e. The van der Waals surface area contributed by atoms with E-state index < -0.39 is 0 Å². The van der Waals surface area contributed by atoms with Gasteiger partial charge in [0.1, 0.15) is 11.6 Å². The number of thiophene rings is 1. The Morgan fingerprint density at radius 1 is 1.40 bits per heavy atom. The van der Waals surface area contributed by atoms with Gasteiger partial charge in [-0.05, 0) is 17.9 Å². The van der Waals surface area contributed by atoms with Gasteiger partial charge in [-0.1, -0.05) is 6.92 Å². The first-order valence-corrected chi connectivity index (χ1v) is 5.90. The van der Waals surface area contributed by atoms with Crippen LogP contribution in [0.15, 0.2) is 22.9 Å². The van der Waals surface area contributed by atoms with Crippen LogP contribution in [-0.4, -0.2) is 9.97 Å². The van der Waals surface area contributed by atoms with Crippen LogP contribution in [0.3, 0.4) is 0 Å². The Morgan fingerprint density at radius 3 is 2.93 bits per heavy atom. The highest BCUT2D eigenvalue weighted by molar-refractivity contribution is 7.08. The van der Waals surface area contributed by atoms with E-state index >= 15 is 0 Å². The molecular weight excluding hydrogens is 206 g/mol. The number of nitrogens with zero attached hydrogens (tertiary/aromatic N) is 2. The SMILES string of the molecule is CCCc1nc(N)cc(-c2ccsc2)n1. The number of aromatic nitrogens is 2. The van der Waals surface area contributed by atoms with Crippen LogP contribution in [0.25, 0.3) is 11.3 Å². The first kappa shape index (κ1) is 10.1. The fourth-order valence-electron chi connectivity index (χ4n) is 1.41. The van der Waals surface area contributed by atoms with Crippen molar-refractivity contribution in [3.63, 3.8) is 0 Å². The summed E-state index contributed by atoms with van der Waals surface area (Å²) in [4.78, 5) is 8.68. The van der Waals surface area contributed by atoms with Crippen molar-refractivity contribution in [2.24, 2.45) is 0 Å². The Morgan fingerprint density at radius 2 is 2.27 bits per heavy atom. The van der Waals surface area contributed by atoms with Gasteiger partial charge in [0.05, 0.1) is 5.69 Å². The van der Waals surface area contributed by atoms with Crippen molar-refractivity contribution in [2.75, 3.05) is 5.73 Å². The van der Waals surface area contributed by atoms with Crippen LogP contribution >= 0.6 is 11.3 Å². The fourth-order valence-corrected chi connectivity index (χ4v) is 2.06. The summed E-state index contributed by atoms with van der Waals surface area (Å²) < 4.78 is 0. The Hall–Kier alpha value is -1.42. The predicted octanol–water partition coefficient (Wildman–Crippen LogP) is 2.74. The molecule has 78 valence electrons. The highest BCUT2D eigenvalue weighted by Gasteiger charge is 2.04.